The highest BCUT2D eigenvalue weighted by molar-refractivity contribution is 9.10. The first-order chi connectivity index (χ1) is 9.13. The number of halogens is 1. The van der Waals surface area contributed by atoms with Crippen LogP contribution in [0.4, 0.5) is 11.4 Å². The molecule has 3 fully saturated rings. The average Bonchev–Trinajstić information content (AvgIpc) is 2.40. The summed E-state index contributed by atoms with van der Waals surface area (Å²) in [7, 11) is 4.20. The van der Waals surface area contributed by atoms with E-state index >= 15 is 0 Å². The molecule has 1 aromatic carbocycles. The summed E-state index contributed by atoms with van der Waals surface area (Å²) in [5.41, 5.74) is 2.51. The predicted octanol–water partition coefficient (Wildman–Crippen LogP) is 3.02. The topological polar surface area (TPSA) is 18.5 Å². The fourth-order valence-electron chi connectivity index (χ4n) is 3.34. The van der Waals surface area contributed by atoms with Crippen LogP contribution in [0.2, 0.25) is 0 Å². The molecule has 0 aliphatic carbocycles. The van der Waals surface area contributed by atoms with E-state index in [4.69, 9.17) is 0 Å². The van der Waals surface area contributed by atoms with Crippen molar-refractivity contribution in [1.82, 2.24) is 4.90 Å². The number of rotatable bonds is 3. The van der Waals surface area contributed by atoms with Crippen molar-refractivity contribution in [2.45, 2.75) is 18.9 Å². The van der Waals surface area contributed by atoms with Crippen molar-refractivity contribution < 1.29 is 0 Å². The molecule has 0 aromatic heterocycles. The van der Waals surface area contributed by atoms with E-state index in [-0.39, 0.29) is 0 Å². The molecule has 0 amide bonds. The van der Waals surface area contributed by atoms with E-state index in [1.54, 1.807) is 0 Å². The summed E-state index contributed by atoms with van der Waals surface area (Å²) in [5, 5.41) is 3.79. The lowest BCUT2D eigenvalue weighted by Crippen LogP contribution is -2.53. The maximum Gasteiger partial charge on any atom is 0.0597 e. The quantitative estimate of drug-likeness (QED) is 0.922. The summed E-state index contributed by atoms with van der Waals surface area (Å²) < 4.78 is 1.14. The Labute approximate surface area is 124 Å². The van der Waals surface area contributed by atoms with Crippen LogP contribution in [0.25, 0.3) is 0 Å². The summed E-state index contributed by atoms with van der Waals surface area (Å²) in [6.07, 6.45) is 2.70. The normalized spacial score (nSPS) is 29.3. The number of hydrogen-bond donors (Lipinski definition) is 1. The van der Waals surface area contributed by atoms with Gasteiger partial charge in [0.05, 0.1) is 11.4 Å². The van der Waals surface area contributed by atoms with Gasteiger partial charge in [-0.05, 0) is 50.0 Å². The fourth-order valence-corrected chi connectivity index (χ4v) is 3.70. The molecule has 3 aliphatic rings. The smallest absolute Gasteiger partial charge is 0.0597 e. The SMILES string of the molecule is CN(C)c1ccc(Br)cc1NC1CN2CCC1CC2. The van der Waals surface area contributed by atoms with Crippen molar-refractivity contribution in [3.63, 3.8) is 0 Å². The van der Waals surface area contributed by atoms with Gasteiger partial charge in [-0.25, -0.2) is 0 Å². The minimum Gasteiger partial charge on any atom is -0.379 e. The maximum atomic E-state index is 3.79. The van der Waals surface area contributed by atoms with Crippen LogP contribution in [0.3, 0.4) is 0 Å². The van der Waals surface area contributed by atoms with Crippen molar-refractivity contribution in [3.05, 3.63) is 22.7 Å². The second-order valence-electron chi connectivity index (χ2n) is 5.94. The average molecular weight is 324 g/mol. The lowest BCUT2D eigenvalue weighted by molar-refractivity contribution is 0.0975. The summed E-state index contributed by atoms with van der Waals surface area (Å²) in [6, 6.07) is 7.09. The summed E-state index contributed by atoms with van der Waals surface area (Å²) in [5.74, 6) is 0.846. The number of nitrogens with one attached hydrogen (secondary N) is 1. The number of anilines is 2. The Balaban J connectivity index is 1.81. The summed E-state index contributed by atoms with van der Waals surface area (Å²) in [6.45, 7) is 3.79. The van der Waals surface area contributed by atoms with Crippen LogP contribution in [0.1, 0.15) is 12.8 Å². The van der Waals surface area contributed by atoms with Gasteiger partial charge >= 0.3 is 0 Å². The van der Waals surface area contributed by atoms with E-state index in [0.29, 0.717) is 6.04 Å². The lowest BCUT2D eigenvalue weighted by atomic mass is 9.84. The summed E-state index contributed by atoms with van der Waals surface area (Å²) in [4.78, 5) is 4.77. The number of benzene rings is 1. The van der Waals surface area contributed by atoms with E-state index in [9.17, 15) is 0 Å². The van der Waals surface area contributed by atoms with Gasteiger partial charge in [-0.1, -0.05) is 15.9 Å². The Bertz CT molecular complexity index is 453. The first-order valence-corrected chi connectivity index (χ1v) is 7.88. The van der Waals surface area contributed by atoms with Gasteiger partial charge in [0.1, 0.15) is 0 Å². The van der Waals surface area contributed by atoms with Gasteiger partial charge in [-0.15, -0.1) is 0 Å². The third-order valence-electron chi connectivity index (χ3n) is 4.44. The number of fused-ring (bicyclic) bond motifs is 3. The molecule has 4 rings (SSSR count). The monoisotopic (exact) mass is 323 g/mol. The van der Waals surface area contributed by atoms with Gasteiger partial charge in [0, 0.05) is 31.2 Å². The van der Waals surface area contributed by atoms with Crippen LogP contribution < -0.4 is 10.2 Å². The van der Waals surface area contributed by atoms with Gasteiger partial charge in [0.2, 0.25) is 0 Å². The van der Waals surface area contributed by atoms with Crippen LogP contribution in [-0.2, 0) is 0 Å². The molecular weight excluding hydrogens is 302 g/mol. The lowest BCUT2D eigenvalue weighted by Gasteiger charge is -2.45. The van der Waals surface area contributed by atoms with Gasteiger partial charge < -0.3 is 15.1 Å². The summed E-state index contributed by atoms with van der Waals surface area (Å²) >= 11 is 3.58. The maximum absolute atomic E-state index is 3.79. The second-order valence-corrected chi connectivity index (χ2v) is 6.86. The molecule has 1 unspecified atom stereocenters. The van der Waals surface area contributed by atoms with Crippen molar-refractivity contribution in [2.24, 2.45) is 5.92 Å². The minimum atomic E-state index is 0.607. The molecule has 1 N–H and O–H groups in total. The molecule has 19 heavy (non-hydrogen) atoms. The van der Waals surface area contributed by atoms with Crippen molar-refractivity contribution in [2.75, 3.05) is 43.9 Å². The zero-order valence-electron chi connectivity index (χ0n) is 11.7. The largest absolute Gasteiger partial charge is 0.379 e. The number of hydrogen-bond acceptors (Lipinski definition) is 3. The molecule has 3 nitrogen and oxygen atoms in total. The molecule has 104 valence electrons. The molecule has 4 heteroatoms. The van der Waals surface area contributed by atoms with Gasteiger partial charge in [0.15, 0.2) is 0 Å². The minimum absolute atomic E-state index is 0.607. The second kappa shape index (κ2) is 5.33. The van der Waals surface area contributed by atoms with E-state index < -0.39 is 0 Å². The zero-order chi connectivity index (χ0) is 13.4. The van der Waals surface area contributed by atoms with Crippen LogP contribution in [0.5, 0.6) is 0 Å². The Morgan fingerprint density at radius 3 is 2.58 bits per heavy atom. The third-order valence-corrected chi connectivity index (χ3v) is 4.93. The molecule has 0 saturated carbocycles. The first-order valence-electron chi connectivity index (χ1n) is 7.09. The van der Waals surface area contributed by atoms with Crippen LogP contribution >= 0.6 is 15.9 Å². The van der Waals surface area contributed by atoms with Crippen molar-refractivity contribution in [1.29, 1.82) is 0 Å². The van der Waals surface area contributed by atoms with Crippen molar-refractivity contribution >= 4 is 27.3 Å². The van der Waals surface area contributed by atoms with E-state index in [2.05, 4.69) is 63.3 Å². The number of piperidine rings is 3. The Kier molecular flexibility index (Phi) is 3.72. The Morgan fingerprint density at radius 2 is 2.00 bits per heavy atom. The van der Waals surface area contributed by atoms with Crippen LogP contribution in [0, 0.1) is 5.92 Å². The molecule has 1 atom stereocenters. The van der Waals surface area contributed by atoms with Gasteiger partial charge in [-0.3, -0.25) is 0 Å². The molecule has 3 aliphatic heterocycles. The molecule has 0 spiro atoms. The highest BCUT2D eigenvalue weighted by Crippen LogP contribution is 2.33. The molecule has 3 saturated heterocycles. The third kappa shape index (κ3) is 2.75. The highest BCUT2D eigenvalue weighted by Gasteiger charge is 2.34. The van der Waals surface area contributed by atoms with Gasteiger partial charge in [-0.2, -0.15) is 0 Å². The first kappa shape index (κ1) is 13.3. The number of nitrogens with zero attached hydrogens (tertiary/aromatic N) is 2. The molecular formula is C15H22BrN3. The standard InChI is InChI=1S/C15H22BrN3/c1-18(2)15-4-3-12(16)9-13(15)17-14-10-19-7-5-11(14)6-8-19/h3-4,9,11,14,17H,5-8,10H2,1-2H3. The molecule has 0 radical (unpaired) electrons. The van der Waals surface area contributed by atoms with Gasteiger partial charge in [0.25, 0.3) is 0 Å². The Morgan fingerprint density at radius 1 is 1.26 bits per heavy atom. The van der Waals surface area contributed by atoms with Crippen molar-refractivity contribution in [3.8, 4) is 0 Å². The van der Waals surface area contributed by atoms with E-state index in [1.807, 2.05) is 0 Å². The molecule has 1 aromatic rings. The van der Waals surface area contributed by atoms with E-state index in [0.717, 1.165) is 10.4 Å². The van der Waals surface area contributed by atoms with E-state index in [1.165, 1.54) is 43.9 Å². The predicted molar refractivity (Wildman–Crippen MR) is 85.0 cm³/mol. The molecule has 2 bridgehead atoms. The van der Waals surface area contributed by atoms with Crippen LogP contribution in [0.15, 0.2) is 22.7 Å². The fraction of sp³-hybridized carbons (Fsp3) is 0.600. The highest BCUT2D eigenvalue weighted by atomic mass is 79.9. The Hall–Kier alpha value is -0.740. The zero-order valence-corrected chi connectivity index (χ0v) is 13.3. The van der Waals surface area contributed by atoms with Crippen LogP contribution in [-0.4, -0.2) is 44.7 Å². The molecule has 3 heterocycles.